The molecule has 1 aromatic rings. The standard InChI is InChI=1S/C14H24N2/c1-5-12(11-16(3)4)14(15-2)13-9-7-6-8-10-13/h6-10,12,14-15H,5,11H2,1-4H3/t12-,14-/m1/s1. The highest BCUT2D eigenvalue weighted by Gasteiger charge is 2.20. The average molecular weight is 220 g/mol. The summed E-state index contributed by atoms with van der Waals surface area (Å²) in [7, 11) is 6.33. The van der Waals surface area contributed by atoms with Gasteiger partial charge in [0.15, 0.2) is 0 Å². The molecule has 0 aliphatic heterocycles. The number of hydrogen-bond donors (Lipinski definition) is 1. The van der Waals surface area contributed by atoms with Crippen LogP contribution in [0.4, 0.5) is 0 Å². The van der Waals surface area contributed by atoms with Crippen molar-refractivity contribution >= 4 is 0 Å². The molecule has 1 rings (SSSR count). The molecule has 0 saturated heterocycles. The molecule has 2 atom stereocenters. The van der Waals surface area contributed by atoms with E-state index in [1.807, 2.05) is 0 Å². The molecule has 2 heteroatoms. The Morgan fingerprint density at radius 3 is 2.25 bits per heavy atom. The van der Waals surface area contributed by atoms with E-state index in [-0.39, 0.29) is 0 Å². The van der Waals surface area contributed by atoms with Crippen molar-refractivity contribution in [1.29, 1.82) is 0 Å². The highest BCUT2D eigenvalue weighted by Crippen LogP contribution is 2.24. The van der Waals surface area contributed by atoms with Gasteiger partial charge in [-0.2, -0.15) is 0 Å². The van der Waals surface area contributed by atoms with Gasteiger partial charge in [0.1, 0.15) is 0 Å². The molecule has 0 spiro atoms. The number of rotatable bonds is 6. The zero-order valence-corrected chi connectivity index (χ0v) is 10.9. The van der Waals surface area contributed by atoms with Crippen LogP contribution in [-0.4, -0.2) is 32.6 Å². The van der Waals surface area contributed by atoms with Gasteiger partial charge in [0, 0.05) is 12.6 Å². The molecule has 0 aliphatic carbocycles. The van der Waals surface area contributed by atoms with Gasteiger partial charge >= 0.3 is 0 Å². The van der Waals surface area contributed by atoms with Crippen molar-refractivity contribution in [3.8, 4) is 0 Å². The Balaban J connectivity index is 2.79. The van der Waals surface area contributed by atoms with Crippen LogP contribution in [0.1, 0.15) is 24.9 Å². The zero-order chi connectivity index (χ0) is 12.0. The SMILES string of the molecule is CC[C@H](CN(C)C)[C@@H](NC)c1ccccc1. The molecule has 0 heterocycles. The van der Waals surface area contributed by atoms with E-state index >= 15 is 0 Å². The van der Waals surface area contributed by atoms with Crippen LogP contribution in [-0.2, 0) is 0 Å². The van der Waals surface area contributed by atoms with Gasteiger partial charge in [0.25, 0.3) is 0 Å². The Hall–Kier alpha value is -0.860. The van der Waals surface area contributed by atoms with E-state index in [9.17, 15) is 0 Å². The minimum absolute atomic E-state index is 0.452. The molecule has 1 N–H and O–H groups in total. The van der Waals surface area contributed by atoms with Gasteiger partial charge in [-0.1, -0.05) is 43.7 Å². The largest absolute Gasteiger partial charge is 0.313 e. The molecule has 0 aliphatic rings. The van der Waals surface area contributed by atoms with Crippen LogP contribution in [0.2, 0.25) is 0 Å². The summed E-state index contributed by atoms with van der Waals surface area (Å²) >= 11 is 0. The summed E-state index contributed by atoms with van der Waals surface area (Å²) in [5.41, 5.74) is 1.39. The minimum atomic E-state index is 0.452. The fourth-order valence-electron chi connectivity index (χ4n) is 2.27. The summed E-state index contributed by atoms with van der Waals surface area (Å²) in [6, 6.07) is 11.2. The third-order valence-electron chi connectivity index (χ3n) is 3.07. The lowest BCUT2D eigenvalue weighted by atomic mass is 9.90. The summed E-state index contributed by atoms with van der Waals surface area (Å²) in [5.74, 6) is 0.655. The molecule has 1 aromatic carbocycles. The van der Waals surface area contributed by atoms with Crippen LogP contribution in [0.5, 0.6) is 0 Å². The first-order valence-corrected chi connectivity index (χ1v) is 6.06. The van der Waals surface area contributed by atoms with Crippen molar-refractivity contribution in [2.24, 2.45) is 5.92 Å². The second-order valence-electron chi connectivity index (χ2n) is 4.61. The third kappa shape index (κ3) is 3.62. The van der Waals surface area contributed by atoms with Crippen molar-refractivity contribution in [2.75, 3.05) is 27.7 Å². The van der Waals surface area contributed by atoms with Crippen molar-refractivity contribution in [2.45, 2.75) is 19.4 Å². The van der Waals surface area contributed by atoms with Gasteiger partial charge in [0.2, 0.25) is 0 Å². The van der Waals surface area contributed by atoms with Crippen molar-refractivity contribution in [1.82, 2.24) is 10.2 Å². The predicted octanol–water partition coefficient (Wildman–Crippen LogP) is 2.53. The number of benzene rings is 1. The summed E-state index contributed by atoms with van der Waals surface area (Å²) in [6.07, 6.45) is 1.19. The molecule has 0 fully saturated rings. The Kier molecular flexibility index (Phi) is 5.50. The lowest BCUT2D eigenvalue weighted by molar-refractivity contribution is 0.265. The summed E-state index contributed by atoms with van der Waals surface area (Å²) in [4.78, 5) is 2.27. The first-order valence-electron chi connectivity index (χ1n) is 6.06. The van der Waals surface area contributed by atoms with E-state index in [2.05, 4.69) is 68.6 Å². The van der Waals surface area contributed by atoms with E-state index < -0.39 is 0 Å². The van der Waals surface area contributed by atoms with Crippen LogP contribution in [0, 0.1) is 5.92 Å². The monoisotopic (exact) mass is 220 g/mol. The highest BCUT2D eigenvalue weighted by molar-refractivity contribution is 5.19. The number of nitrogens with one attached hydrogen (secondary N) is 1. The highest BCUT2D eigenvalue weighted by atomic mass is 15.1. The van der Waals surface area contributed by atoms with Crippen LogP contribution in [0.15, 0.2) is 30.3 Å². The molecule has 0 amide bonds. The van der Waals surface area contributed by atoms with Crippen LogP contribution in [0.3, 0.4) is 0 Å². The summed E-state index contributed by atoms with van der Waals surface area (Å²) in [5, 5.41) is 3.45. The van der Waals surface area contributed by atoms with Gasteiger partial charge in [-0.25, -0.2) is 0 Å². The van der Waals surface area contributed by atoms with Crippen LogP contribution >= 0.6 is 0 Å². The molecule has 2 nitrogen and oxygen atoms in total. The normalized spacial score (nSPS) is 15.1. The molecular weight excluding hydrogens is 196 g/mol. The van der Waals surface area contributed by atoms with Crippen molar-refractivity contribution in [3.63, 3.8) is 0 Å². The topological polar surface area (TPSA) is 15.3 Å². The molecule has 0 unspecified atom stereocenters. The van der Waals surface area contributed by atoms with E-state index in [1.165, 1.54) is 12.0 Å². The molecule has 0 bridgehead atoms. The maximum absolute atomic E-state index is 3.45. The fraction of sp³-hybridized carbons (Fsp3) is 0.571. The minimum Gasteiger partial charge on any atom is -0.313 e. The predicted molar refractivity (Wildman–Crippen MR) is 70.6 cm³/mol. The Labute approximate surface area is 99.7 Å². The van der Waals surface area contributed by atoms with Gasteiger partial charge in [-0.05, 0) is 32.6 Å². The van der Waals surface area contributed by atoms with Crippen molar-refractivity contribution in [3.05, 3.63) is 35.9 Å². The van der Waals surface area contributed by atoms with Gasteiger partial charge in [-0.15, -0.1) is 0 Å². The maximum atomic E-state index is 3.45. The zero-order valence-electron chi connectivity index (χ0n) is 10.9. The second kappa shape index (κ2) is 6.66. The van der Waals surface area contributed by atoms with Gasteiger partial charge in [0.05, 0.1) is 0 Å². The third-order valence-corrected chi connectivity index (χ3v) is 3.07. The Morgan fingerprint density at radius 1 is 1.19 bits per heavy atom. The lowest BCUT2D eigenvalue weighted by Crippen LogP contribution is -2.32. The molecule has 0 aromatic heterocycles. The van der Waals surface area contributed by atoms with Crippen LogP contribution in [0.25, 0.3) is 0 Å². The molecular formula is C14H24N2. The second-order valence-corrected chi connectivity index (χ2v) is 4.61. The number of hydrogen-bond acceptors (Lipinski definition) is 2. The Bertz CT molecular complexity index is 282. The molecule has 0 saturated carbocycles. The molecule has 90 valence electrons. The van der Waals surface area contributed by atoms with Crippen LogP contribution < -0.4 is 5.32 Å². The lowest BCUT2D eigenvalue weighted by Gasteiger charge is -2.28. The Morgan fingerprint density at radius 2 is 1.81 bits per heavy atom. The van der Waals surface area contributed by atoms with Gasteiger partial charge < -0.3 is 10.2 Å². The first-order chi connectivity index (χ1) is 7.69. The van der Waals surface area contributed by atoms with E-state index in [4.69, 9.17) is 0 Å². The number of nitrogens with zero attached hydrogens (tertiary/aromatic N) is 1. The van der Waals surface area contributed by atoms with E-state index in [0.29, 0.717) is 12.0 Å². The average Bonchev–Trinajstić information content (AvgIpc) is 2.29. The summed E-state index contributed by atoms with van der Waals surface area (Å²) in [6.45, 7) is 3.39. The molecule has 16 heavy (non-hydrogen) atoms. The summed E-state index contributed by atoms with van der Waals surface area (Å²) < 4.78 is 0. The van der Waals surface area contributed by atoms with E-state index in [1.54, 1.807) is 0 Å². The molecule has 0 radical (unpaired) electrons. The van der Waals surface area contributed by atoms with E-state index in [0.717, 1.165) is 6.54 Å². The smallest absolute Gasteiger partial charge is 0.0358 e. The fourth-order valence-corrected chi connectivity index (χ4v) is 2.27. The quantitative estimate of drug-likeness (QED) is 0.792. The maximum Gasteiger partial charge on any atom is 0.0358 e. The van der Waals surface area contributed by atoms with Crippen molar-refractivity contribution < 1.29 is 0 Å². The first kappa shape index (κ1) is 13.2. The van der Waals surface area contributed by atoms with Gasteiger partial charge in [-0.3, -0.25) is 0 Å².